The fourth-order valence-corrected chi connectivity index (χ4v) is 25.1. The van der Waals surface area contributed by atoms with Gasteiger partial charge in [0.2, 0.25) is 0 Å². The first-order chi connectivity index (χ1) is 68.5. The van der Waals surface area contributed by atoms with Gasteiger partial charge in [-0.25, -0.2) is 0 Å². The van der Waals surface area contributed by atoms with Gasteiger partial charge in [0.1, 0.15) is 0 Å². The number of aromatic nitrogens is 2. The maximum absolute atomic E-state index is 2.64. The van der Waals surface area contributed by atoms with Crippen LogP contribution in [0.5, 0.6) is 0 Å². The van der Waals surface area contributed by atoms with Crippen molar-refractivity contribution < 1.29 is 0 Å². The Morgan fingerprint density at radius 1 is 0.150 bits per heavy atom. The minimum atomic E-state index is -0.231. The van der Waals surface area contributed by atoms with Gasteiger partial charge in [0.15, 0.2) is 0 Å². The van der Waals surface area contributed by atoms with Gasteiger partial charge in [0.05, 0.1) is 44.8 Å². The lowest BCUT2D eigenvalue weighted by Crippen LogP contribution is -2.19. The molecule has 22 aromatic carbocycles. The van der Waals surface area contributed by atoms with E-state index in [9.17, 15) is 0 Å². The molecule has 140 heavy (non-hydrogen) atoms. The normalized spacial score (nSPS) is 13.9. The summed E-state index contributed by atoms with van der Waals surface area (Å²) < 4.78 is 5.03. The molecular formula is C136H100N4. The molecule has 664 valence electrons. The van der Waals surface area contributed by atoms with Crippen molar-refractivity contribution in [1.29, 1.82) is 0 Å². The monoisotopic (exact) mass is 1790 g/mol. The van der Waals surface area contributed by atoms with E-state index in [4.69, 9.17) is 0 Å². The van der Waals surface area contributed by atoms with Crippen LogP contribution in [0.2, 0.25) is 0 Å². The predicted molar refractivity (Wildman–Crippen MR) is 593 cm³/mol. The van der Waals surface area contributed by atoms with E-state index in [2.05, 4.69) is 535 Å². The van der Waals surface area contributed by atoms with Crippen LogP contribution in [0.15, 0.2) is 461 Å². The Morgan fingerprint density at radius 2 is 0.386 bits per heavy atom. The summed E-state index contributed by atoms with van der Waals surface area (Å²) in [6.45, 7) is 19.2. The minimum absolute atomic E-state index is 0.160. The molecule has 28 rings (SSSR count). The highest BCUT2D eigenvalue weighted by Crippen LogP contribution is 2.61. The lowest BCUT2D eigenvalue weighted by atomic mass is 9.82. The van der Waals surface area contributed by atoms with Gasteiger partial charge in [-0.15, -0.1) is 0 Å². The Bertz CT molecular complexity index is 8870. The SMILES string of the molecule is CC1(C)c2ccccc2-c2cc(N(c3ccc4c(c3)C(C)(C)c3ccccc3-4)c3c4ccc(-c5ccccc5)cc4c(N(c4ccc5c(c4)C(C)(C)c4ccccc4-5)c4ccc5c(c4)C(C)(C)c4ccccc4-5)c4ccc(-c5ccccc5)cc34)ccc21.c1ccc(-c2ccc3c(-n4c5ccccc5c5ccccc54)c4cc(-c5ccccc5)ccc4c(-n4c5ccccc5c5ccccc54)c3c2)cc1. The van der Waals surface area contributed by atoms with Crippen LogP contribution in [0.25, 0.3) is 187 Å². The molecule has 2 heterocycles. The van der Waals surface area contributed by atoms with Gasteiger partial charge >= 0.3 is 0 Å². The van der Waals surface area contributed by atoms with Gasteiger partial charge < -0.3 is 18.9 Å². The summed E-state index contributed by atoms with van der Waals surface area (Å²) in [6.07, 6.45) is 0. The average molecular weight is 1790 g/mol. The molecule has 4 aliphatic carbocycles. The standard InChI is InChI=1S/C86H68N2.C50H32N2/c1-83(2)76-34-22-18-30-64(76)70-49-57(40-46-77(70)83)87(58-37-43-65-61-27-15-19-31-73(61)84(3,4)78(65)50-58)81-68-41-35-56(54-25-13-10-14-26-54)48-72(68)82(69-42-36-55(47-71(69)81)53-23-11-9-12-24-53)88(59-38-44-66-62-28-16-20-32-74(62)85(5,6)79(66)51-59)60-39-45-67-63-29-17-21-33-75(63)86(7,8)80(67)52-60;1-3-15-33(16-4-1)35-27-29-41-43(31-35)49(51-45-23-11-7-19-37(45)38-20-8-12-24-46(38)51)42-30-28-36(34-17-5-2-6-18-34)32-44(42)50(41)52-47-25-13-9-21-39(47)40-22-10-14-26-48(40)52/h9-52H,1-8H3;1-32H. The zero-order valence-electron chi connectivity index (χ0n) is 79.7. The van der Waals surface area contributed by atoms with Crippen molar-refractivity contribution in [2.24, 2.45) is 0 Å². The highest BCUT2D eigenvalue weighted by molar-refractivity contribution is 6.26. The summed E-state index contributed by atoms with van der Waals surface area (Å²) in [5.74, 6) is 0. The van der Waals surface area contributed by atoms with Gasteiger partial charge in [0, 0.05) is 109 Å². The molecule has 4 nitrogen and oxygen atoms in total. The molecule has 2 aromatic heterocycles. The molecule has 4 heteroatoms. The second-order valence-corrected chi connectivity index (χ2v) is 40.9. The van der Waals surface area contributed by atoms with Gasteiger partial charge in [-0.3, -0.25) is 0 Å². The highest BCUT2D eigenvalue weighted by Gasteiger charge is 2.42. The van der Waals surface area contributed by atoms with Crippen LogP contribution < -0.4 is 9.80 Å². The molecular weight excluding hydrogens is 1690 g/mol. The zero-order chi connectivity index (χ0) is 93.8. The smallest absolute Gasteiger partial charge is 0.0620 e. The van der Waals surface area contributed by atoms with E-state index in [0.29, 0.717) is 0 Å². The number of fused-ring (bicyclic) bond motifs is 22. The number of para-hydroxylation sites is 4. The summed E-state index contributed by atoms with van der Waals surface area (Å²) >= 11 is 0. The lowest BCUT2D eigenvalue weighted by Gasteiger charge is -2.35. The van der Waals surface area contributed by atoms with Crippen molar-refractivity contribution in [3.05, 3.63) is 506 Å². The van der Waals surface area contributed by atoms with Crippen molar-refractivity contribution >= 4 is 121 Å². The van der Waals surface area contributed by atoms with Crippen LogP contribution in [0.1, 0.15) is 99.9 Å². The molecule has 0 saturated carbocycles. The van der Waals surface area contributed by atoms with E-state index in [1.807, 2.05) is 0 Å². The quantitative estimate of drug-likeness (QED) is 0.0895. The number of hydrogen-bond donors (Lipinski definition) is 0. The number of hydrogen-bond acceptors (Lipinski definition) is 2. The topological polar surface area (TPSA) is 16.3 Å². The Kier molecular flexibility index (Phi) is 18.5. The van der Waals surface area contributed by atoms with E-state index >= 15 is 0 Å². The van der Waals surface area contributed by atoms with Crippen LogP contribution >= 0.6 is 0 Å². The summed E-state index contributed by atoms with van der Waals surface area (Å²) in [6, 6.07) is 173. The average Bonchev–Trinajstić information content (AvgIpc) is 1.46. The van der Waals surface area contributed by atoms with E-state index in [1.54, 1.807) is 0 Å². The largest absolute Gasteiger partial charge is 0.309 e. The van der Waals surface area contributed by atoms with Crippen LogP contribution in [0, 0.1) is 0 Å². The molecule has 0 radical (unpaired) electrons. The maximum Gasteiger partial charge on any atom is 0.0620 e. The zero-order valence-corrected chi connectivity index (χ0v) is 79.7. The van der Waals surface area contributed by atoms with Crippen LogP contribution in [-0.2, 0) is 21.7 Å². The summed E-state index contributed by atoms with van der Waals surface area (Å²) in [7, 11) is 0. The molecule has 0 spiro atoms. The molecule has 24 aromatic rings. The molecule has 0 atom stereocenters. The number of benzene rings is 22. The van der Waals surface area contributed by atoms with Crippen LogP contribution in [0.4, 0.5) is 34.1 Å². The molecule has 0 fully saturated rings. The maximum atomic E-state index is 2.64. The van der Waals surface area contributed by atoms with E-state index < -0.39 is 0 Å². The van der Waals surface area contributed by atoms with Crippen molar-refractivity contribution in [3.63, 3.8) is 0 Å². The first-order valence-electron chi connectivity index (χ1n) is 49.3. The van der Waals surface area contributed by atoms with E-state index in [0.717, 1.165) is 66.8 Å². The summed E-state index contributed by atoms with van der Waals surface area (Å²) in [5, 5.41) is 14.5. The van der Waals surface area contributed by atoms with Crippen LogP contribution in [0.3, 0.4) is 0 Å². The first kappa shape index (κ1) is 82.5. The molecule has 0 unspecified atom stereocenters. The lowest BCUT2D eigenvalue weighted by molar-refractivity contribution is 0.660. The summed E-state index contributed by atoms with van der Waals surface area (Å²) in [5.41, 5.74) is 43.8. The molecule has 4 aliphatic rings. The van der Waals surface area contributed by atoms with Crippen molar-refractivity contribution in [1.82, 2.24) is 9.13 Å². The number of nitrogens with zero attached hydrogens (tertiary/aromatic N) is 4. The minimum Gasteiger partial charge on any atom is -0.309 e. The number of anilines is 6. The predicted octanol–water partition coefficient (Wildman–Crippen LogP) is 37.0. The Balaban J connectivity index is 0.000000160. The molecule has 0 bridgehead atoms. The Labute approximate surface area is 816 Å². The van der Waals surface area contributed by atoms with Crippen molar-refractivity contribution in [2.75, 3.05) is 9.80 Å². The third-order valence-corrected chi connectivity index (χ3v) is 31.9. The van der Waals surface area contributed by atoms with E-state index in [-0.39, 0.29) is 21.7 Å². The Hall–Kier alpha value is -16.9. The third kappa shape index (κ3) is 12.4. The molecule has 0 N–H and O–H groups in total. The van der Waals surface area contributed by atoms with Gasteiger partial charge in [-0.1, -0.05) is 419 Å². The van der Waals surface area contributed by atoms with Gasteiger partial charge in [-0.2, -0.15) is 0 Å². The van der Waals surface area contributed by atoms with Crippen molar-refractivity contribution in [3.8, 4) is 100 Å². The fourth-order valence-electron chi connectivity index (χ4n) is 25.1. The third-order valence-electron chi connectivity index (χ3n) is 31.9. The van der Waals surface area contributed by atoms with Crippen molar-refractivity contribution in [2.45, 2.75) is 77.0 Å². The molecule has 0 aliphatic heterocycles. The second kappa shape index (κ2) is 31.3. The molecule has 0 amide bonds. The fraction of sp³-hybridized carbons (Fsp3) is 0.0882. The number of rotatable bonds is 12. The molecule has 0 saturated heterocycles. The van der Waals surface area contributed by atoms with Gasteiger partial charge in [-0.05, 0) is 231 Å². The van der Waals surface area contributed by atoms with Crippen LogP contribution in [-0.4, -0.2) is 9.13 Å². The van der Waals surface area contributed by atoms with E-state index in [1.165, 1.54) is 199 Å². The summed E-state index contributed by atoms with van der Waals surface area (Å²) in [4.78, 5) is 5.27. The van der Waals surface area contributed by atoms with Gasteiger partial charge in [0.25, 0.3) is 0 Å². The highest BCUT2D eigenvalue weighted by atomic mass is 15.2. The second-order valence-electron chi connectivity index (χ2n) is 40.9. The Morgan fingerprint density at radius 3 is 0.707 bits per heavy atom. The first-order valence-corrected chi connectivity index (χ1v) is 49.3.